The molecule has 0 heterocycles. The molecule has 0 atom stereocenters. The van der Waals surface area contributed by atoms with Gasteiger partial charge in [0.2, 0.25) is 0 Å². The smallest absolute Gasteiger partial charge is 0.410 e. The van der Waals surface area contributed by atoms with Gasteiger partial charge in [0.1, 0.15) is 5.60 Å². The lowest BCUT2D eigenvalue weighted by Gasteiger charge is -2.25. The summed E-state index contributed by atoms with van der Waals surface area (Å²) in [4.78, 5) is 24.5. The molecule has 0 aliphatic carbocycles. The van der Waals surface area contributed by atoms with Gasteiger partial charge in [0, 0.05) is 6.54 Å². The summed E-state index contributed by atoms with van der Waals surface area (Å²) in [7, 11) is 0. The quantitative estimate of drug-likeness (QED) is 0.547. The summed E-state index contributed by atoms with van der Waals surface area (Å²) in [6.07, 6.45) is 4.13. The third kappa shape index (κ3) is 7.33. The van der Waals surface area contributed by atoms with Crippen molar-refractivity contribution in [2.75, 3.05) is 13.1 Å². The lowest BCUT2D eigenvalue weighted by atomic mass is 10.2. The molecule has 0 aromatic carbocycles. The van der Waals surface area contributed by atoms with Gasteiger partial charge in [0.15, 0.2) is 5.78 Å². The van der Waals surface area contributed by atoms with Crippen LogP contribution in [0, 0.1) is 0 Å². The molecule has 0 aromatic rings. The van der Waals surface area contributed by atoms with Crippen LogP contribution in [0.1, 0.15) is 27.7 Å². The standard InChI is InChI=1S/C13H21NO3/c1-6-8-11(15)10-14(9-7-2)12(16)17-13(3,4)5/h6-8H,2,9-10H2,1,3-5H3. The number of rotatable bonds is 5. The average molecular weight is 239 g/mol. The SMILES string of the molecule is C=CCN(CC(=O)C=CC)C(=O)OC(C)(C)C. The van der Waals surface area contributed by atoms with Crippen molar-refractivity contribution >= 4 is 11.9 Å². The highest BCUT2D eigenvalue weighted by Gasteiger charge is 2.22. The summed E-state index contributed by atoms with van der Waals surface area (Å²) >= 11 is 0. The van der Waals surface area contributed by atoms with E-state index >= 15 is 0 Å². The zero-order valence-corrected chi connectivity index (χ0v) is 11.0. The van der Waals surface area contributed by atoms with Crippen LogP contribution in [0.15, 0.2) is 24.8 Å². The van der Waals surface area contributed by atoms with E-state index in [0.29, 0.717) is 0 Å². The molecule has 17 heavy (non-hydrogen) atoms. The van der Waals surface area contributed by atoms with Gasteiger partial charge in [0.05, 0.1) is 6.54 Å². The van der Waals surface area contributed by atoms with Crippen LogP contribution in [0.5, 0.6) is 0 Å². The van der Waals surface area contributed by atoms with Crippen LogP contribution in [0.25, 0.3) is 0 Å². The van der Waals surface area contributed by atoms with Crippen LogP contribution >= 0.6 is 0 Å². The molecular weight excluding hydrogens is 218 g/mol. The summed E-state index contributed by atoms with van der Waals surface area (Å²) < 4.78 is 5.19. The Bertz CT molecular complexity index is 313. The maximum atomic E-state index is 11.8. The van der Waals surface area contributed by atoms with E-state index in [1.165, 1.54) is 11.0 Å². The number of hydrogen-bond acceptors (Lipinski definition) is 3. The third-order valence-corrected chi connectivity index (χ3v) is 1.70. The molecule has 0 aromatic heterocycles. The monoisotopic (exact) mass is 239 g/mol. The number of carbonyl (C=O) groups is 2. The molecule has 0 radical (unpaired) electrons. The molecule has 0 saturated carbocycles. The number of amides is 1. The molecule has 4 heteroatoms. The molecule has 0 saturated heterocycles. The number of ether oxygens (including phenoxy) is 1. The fraction of sp³-hybridized carbons (Fsp3) is 0.538. The molecular formula is C13H21NO3. The molecule has 0 aliphatic heterocycles. The number of ketones is 1. The molecule has 0 unspecified atom stereocenters. The first kappa shape index (κ1) is 15.4. The zero-order valence-electron chi connectivity index (χ0n) is 11.0. The van der Waals surface area contributed by atoms with Crippen LogP contribution in [0.2, 0.25) is 0 Å². The zero-order chi connectivity index (χ0) is 13.5. The Kier molecular flexibility index (Phi) is 6.25. The van der Waals surface area contributed by atoms with Crippen molar-refractivity contribution < 1.29 is 14.3 Å². The van der Waals surface area contributed by atoms with E-state index in [2.05, 4.69) is 6.58 Å². The largest absolute Gasteiger partial charge is 0.444 e. The van der Waals surface area contributed by atoms with E-state index < -0.39 is 11.7 Å². The van der Waals surface area contributed by atoms with Gasteiger partial charge in [-0.25, -0.2) is 4.79 Å². The Hall–Kier alpha value is -1.58. The van der Waals surface area contributed by atoms with E-state index in [1.807, 2.05) is 0 Å². The first-order chi connectivity index (χ1) is 7.80. The molecule has 0 rings (SSSR count). The predicted octanol–water partition coefficient (Wildman–Crippen LogP) is 2.55. The normalized spacial score (nSPS) is 11.3. The summed E-state index contributed by atoms with van der Waals surface area (Å²) in [6.45, 7) is 10.9. The van der Waals surface area contributed by atoms with Crippen molar-refractivity contribution in [3.63, 3.8) is 0 Å². The fourth-order valence-corrected chi connectivity index (χ4v) is 1.11. The second-order valence-corrected chi connectivity index (χ2v) is 4.62. The third-order valence-electron chi connectivity index (χ3n) is 1.70. The van der Waals surface area contributed by atoms with Crippen molar-refractivity contribution in [1.82, 2.24) is 4.90 Å². The maximum absolute atomic E-state index is 11.8. The van der Waals surface area contributed by atoms with E-state index in [4.69, 9.17) is 4.74 Å². The fourth-order valence-electron chi connectivity index (χ4n) is 1.11. The van der Waals surface area contributed by atoms with Crippen molar-refractivity contribution in [3.05, 3.63) is 24.8 Å². The molecule has 0 N–H and O–H groups in total. The van der Waals surface area contributed by atoms with Crippen LogP contribution in [-0.2, 0) is 9.53 Å². The summed E-state index contributed by atoms with van der Waals surface area (Å²) in [5.74, 6) is -0.139. The molecule has 96 valence electrons. The summed E-state index contributed by atoms with van der Waals surface area (Å²) in [5, 5.41) is 0. The minimum absolute atomic E-state index is 0.00523. The Balaban J connectivity index is 4.56. The first-order valence-electron chi connectivity index (χ1n) is 5.54. The Morgan fingerprint density at radius 3 is 2.35 bits per heavy atom. The van der Waals surface area contributed by atoms with Crippen LogP contribution in [-0.4, -0.2) is 35.5 Å². The Morgan fingerprint density at radius 2 is 1.94 bits per heavy atom. The second kappa shape index (κ2) is 6.89. The Morgan fingerprint density at radius 1 is 1.35 bits per heavy atom. The first-order valence-corrected chi connectivity index (χ1v) is 5.54. The van der Waals surface area contributed by atoms with Gasteiger partial charge >= 0.3 is 6.09 Å². The van der Waals surface area contributed by atoms with Crippen LogP contribution in [0.4, 0.5) is 4.79 Å². The highest BCUT2D eigenvalue weighted by molar-refractivity contribution is 5.93. The lowest BCUT2D eigenvalue weighted by Crippen LogP contribution is -2.39. The maximum Gasteiger partial charge on any atom is 0.410 e. The molecule has 0 fully saturated rings. The summed E-state index contributed by atoms with van der Waals surface area (Å²) in [6, 6.07) is 0. The summed E-state index contributed by atoms with van der Waals surface area (Å²) in [5.41, 5.74) is -0.569. The second-order valence-electron chi connectivity index (χ2n) is 4.62. The average Bonchev–Trinajstić information content (AvgIpc) is 2.14. The molecule has 0 spiro atoms. The molecule has 4 nitrogen and oxygen atoms in total. The van der Waals surface area contributed by atoms with E-state index in [9.17, 15) is 9.59 Å². The van der Waals surface area contributed by atoms with Crippen molar-refractivity contribution in [2.45, 2.75) is 33.3 Å². The highest BCUT2D eigenvalue weighted by Crippen LogP contribution is 2.09. The highest BCUT2D eigenvalue weighted by atomic mass is 16.6. The van der Waals surface area contributed by atoms with Crippen molar-refractivity contribution in [2.24, 2.45) is 0 Å². The molecule has 0 bridgehead atoms. The number of hydrogen-bond donors (Lipinski definition) is 0. The van der Waals surface area contributed by atoms with Gasteiger partial charge in [-0.2, -0.15) is 0 Å². The molecule has 1 amide bonds. The molecule has 0 aliphatic rings. The van der Waals surface area contributed by atoms with Crippen LogP contribution in [0.3, 0.4) is 0 Å². The van der Waals surface area contributed by atoms with Crippen molar-refractivity contribution in [3.8, 4) is 0 Å². The Labute approximate surface area is 103 Å². The number of carbonyl (C=O) groups excluding carboxylic acids is 2. The van der Waals surface area contributed by atoms with E-state index in [-0.39, 0.29) is 18.9 Å². The minimum atomic E-state index is -0.569. The van der Waals surface area contributed by atoms with Gasteiger partial charge in [-0.3, -0.25) is 9.69 Å². The van der Waals surface area contributed by atoms with Gasteiger partial charge in [-0.15, -0.1) is 6.58 Å². The van der Waals surface area contributed by atoms with Gasteiger partial charge in [-0.1, -0.05) is 12.2 Å². The van der Waals surface area contributed by atoms with Gasteiger partial charge in [-0.05, 0) is 33.8 Å². The lowest BCUT2D eigenvalue weighted by molar-refractivity contribution is -0.115. The number of nitrogens with zero attached hydrogens (tertiary/aromatic N) is 1. The van der Waals surface area contributed by atoms with Gasteiger partial charge < -0.3 is 4.74 Å². The minimum Gasteiger partial charge on any atom is -0.444 e. The topological polar surface area (TPSA) is 46.6 Å². The van der Waals surface area contributed by atoms with Crippen molar-refractivity contribution in [1.29, 1.82) is 0 Å². The van der Waals surface area contributed by atoms with E-state index in [0.717, 1.165) is 0 Å². The van der Waals surface area contributed by atoms with Crippen LogP contribution < -0.4 is 0 Å². The predicted molar refractivity (Wildman–Crippen MR) is 67.8 cm³/mol. The van der Waals surface area contributed by atoms with Gasteiger partial charge in [0.25, 0.3) is 0 Å². The van der Waals surface area contributed by atoms with E-state index in [1.54, 1.807) is 39.8 Å². The number of allylic oxidation sites excluding steroid dienone is 1.